The van der Waals surface area contributed by atoms with Gasteiger partial charge in [-0.15, -0.1) is 0 Å². The van der Waals surface area contributed by atoms with Gasteiger partial charge in [0.15, 0.2) is 11.3 Å². The number of fused-ring (bicyclic) bond motifs is 1. The van der Waals surface area contributed by atoms with Crippen molar-refractivity contribution in [3.05, 3.63) is 64.1 Å². The molecule has 3 heterocycles. The minimum absolute atomic E-state index is 0.0804. The summed E-state index contributed by atoms with van der Waals surface area (Å²) < 4.78 is 1.71. The minimum Gasteiger partial charge on any atom is -0.396 e. The Morgan fingerprint density at radius 3 is 2.62 bits per heavy atom. The van der Waals surface area contributed by atoms with Gasteiger partial charge < -0.3 is 10.0 Å². The van der Waals surface area contributed by atoms with E-state index in [1.54, 1.807) is 10.6 Å². The maximum atomic E-state index is 13.0. The highest BCUT2D eigenvalue weighted by Crippen LogP contribution is 2.36. The molecule has 0 bridgehead atoms. The van der Waals surface area contributed by atoms with E-state index in [0.717, 1.165) is 34.8 Å². The van der Waals surface area contributed by atoms with Gasteiger partial charge >= 0.3 is 0 Å². The molecule has 2 aromatic heterocycles. The lowest BCUT2D eigenvalue weighted by Crippen LogP contribution is -2.45. The summed E-state index contributed by atoms with van der Waals surface area (Å²) >= 11 is 6.32. The molecule has 0 spiro atoms. The van der Waals surface area contributed by atoms with Gasteiger partial charge in [-0.05, 0) is 50.8 Å². The van der Waals surface area contributed by atoms with Crippen LogP contribution in [0.15, 0.2) is 36.4 Å². The molecule has 1 saturated heterocycles. The molecule has 4 rings (SSSR count). The summed E-state index contributed by atoms with van der Waals surface area (Å²) in [5.41, 5.74) is 3.74. The van der Waals surface area contributed by atoms with Crippen LogP contribution in [0.1, 0.15) is 40.3 Å². The molecule has 1 aliphatic rings. The first-order chi connectivity index (χ1) is 13.9. The molecule has 0 aliphatic carbocycles. The summed E-state index contributed by atoms with van der Waals surface area (Å²) in [7, 11) is 0. The van der Waals surface area contributed by atoms with Crippen molar-refractivity contribution in [3.8, 4) is 0 Å². The first-order valence-electron chi connectivity index (χ1n) is 9.88. The van der Waals surface area contributed by atoms with Crippen LogP contribution in [0.3, 0.4) is 0 Å². The first-order valence-corrected chi connectivity index (χ1v) is 10.3. The van der Waals surface area contributed by atoms with E-state index in [2.05, 4.69) is 10.1 Å². The van der Waals surface area contributed by atoms with Crippen LogP contribution in [0.5, 0.6) is 0 Å². The maximum absolute atomic E-state index is 13.0. The van der Waals surface area contributed by atoms with Gasteiger partial charge in [0, 0.05) is 47.6 Å². The second kappa shape index (κ2) is 7.76. The summed E-state index contributed by atoms with van der Waals surface area (Å²) in [6.07, 6.45) is 2.16. The predicted molar refractivity (Wildman–Crippen MR) is 112 cm³/mol. The summed E-state index contributed by atoms with van der Waals surface area (Å²) in [6, 6.07) is 11.4. The topological polar surface area (TPSA) is 70.7 Å². The number of piperidine rings is 1. The SMILES string of the molecule is Cc1cc(C)n2nc(C(=O)N3CCC(CO)(Cc4ccccc4Cl)CC3)cc2n1. The number of rotatable bonds is 4. The fourth-order valence-electron chi connectivity index (χ4n) is 4.17. The number of aliphatic hydroxyl groups excluding tert-OH is 1. The van der Waals surface area contributed by atoms with E-state index in [1.807, 2.05) is 49.1 Å². The highest BCUT2D eigenvalue weighted by molar-refractivity contribution is 6.31. The van der Waals surface area contributed by atoms with Crippen molar-refractivity contribution in [2.75, 3.05) is 19.7 Å². The quantitative estimate of drug-likeness (QED) is 0.712. The fraction of sp³-hybridized carbons (Fsp3) is 0.409. The zero-order valence-corrected chi connectivity index (χ0v) is 17.5. The zero-order chi connectivity index (χ0) is 20.6. The molecular weight excluding hydrogens is 388 g/mol. The Morgan fingerprint density at radius 2 is 1.93 bits per heavy atom. The molecule has 152 valence electrons. The van der Waals surface area contributed by atoms with Gasteiger partial charge in [-0.1, -0.05) is 29.8 Å². The normalized spacial score (nSPS) is 16.3. The van der Waals surface area contributed by atoms with E-state index >= 15 is 0 Å². The number of benzene rings is 1. The number of halogens is 1. The van der Waals surface area contributed by atoms with Crippen molar-refractivity contribution < 1.29 is 9.90 Å². The van der Waals surface area contributed by atoms with Gasteiger partial charge in [0.25, 0.3) is 5.91 Å². The Morgan fingerprint density at radius 1 is 1.21 bits per heavy atom. The third-order valence-corrected chi connectivity index (χ3v) is 6.29. The molecule has 0 atom stereocenters. The van der Waals surface area contributed by atoms with E-state index in [-0.39, 0.29) is 17.9 Å². The molecule has 1 aromatic carbocycles. The molecule has 0 unspecified atom stereocenters. The second-order valence-electron chi connectivity index (χ2n) is 8.06. The van der Waals surface area contributed by atoms with Gasteiger partial charge in [-0.25, -0.2) is 9.50 Å². The highest BCUT2D eigenvalue weighted by atomic mass is 35.5. The lowest BCUT2D eigenvalue weighted by Gasteiger charge is -2.40. The van der Waals surface area contributed by atoms with Crippen molar-refractivity contribution in [1.82, 2.24) is 19.5 Å². The standard InChI is InChI=1S/C22H25ClN4O2/c1-15-11-16(2)27-20(24-15)12-19(25-27)21(29)26-9-7-22(14-28,8-10-26)13-17-5-3-4-6-18(17)23/h3-6,11-12,28H,7-10,13-14H2,1-2H3. The number of likely N-dealkylation sites (tertiary alicyclic amines) is 1. The Labute approximate surface area is 175 Å². The van der Waals surface area contributed by atoms with Crippen LogP contribution >= 0.6 is 11.6 Å². The van der Waals surface area contributed by atoms with Crippen LogP contribution < -0.4 is 0 Å². The summed E-state index contributed by atoms with van der Waals surface area (Å²) in [5.74, 6) is -0.0863. The number of nitrogens with zero attached hydrogens (tertiary/aromatic N) is 4. The van der Waals surface area contributed by atoms with Crippen LogP contribution in [0.2, 0.25) is 5.02 Å². The van der Waals surface area contributed by atoms with Crippen LogP contribution in [0.25, 0.3) is 5.65 Å². The number of aliphatic hydroxyl groups is 1. The summed E-state index contributed by atoms with van der Waals surface area (Å²) in [6.45, 7) is 5.14. The average molecular weight is 413 g/mol. The Bertz CT molecular complexity index is 1050. The number of aryl methyl sites for hydroxylation is 2. The molecule has 1 amide bonds. The molecule has 3 aromatic rings. The largest absolute Gasteiger partial charge is 0.396 e. The van der Waals surface area contributed by atoms with Gasteiger partial charge in [0.05, 0.1) is 0 Å². The molecule has 0 saturated carbocycles. The van der Waals surface area contributed by atoms with Gasteiger partial charge in [0.1, 0.15) is 0 Å². The Hall–Kier alpha value is -2.44. The fourth-order valence-corrected chi connectivity index (χ4v) is 4.38. The third kappa shape index (κ3) is 3.87. The smallest absolute Gasteiger partial charge is 0.274 e. The van der Waals surface area contributed by atoms with Crippen molar-refractivity contribution in [3.63, 3.8) is 0 Å². The molecule has 29 heavy (non-hydrogen) atoms. The van der Waals surface area contributed by atoms with Gasteiger partial charge in [0.2, 0.25) is 0 Å². The molecule has 1 fully saturated rings. The van der Waals surface area contributed by atoms with Crippen LogP contribution in [-0.4, -0.2) is 50.2 Å². The van der Waals surface area contributed by atoms with Crippen LogP contribution in [0.4, 0.5) is 0 Å². The lowest BCUT2D eigenvalue weighted by molar-refractivity contribution is 0.0354. The molecule has 1 N–H and O–H groups in total. The number of carbonyl (C=O) groups excluding carboxylic acids is 1. The summed E-state index contributed by atoms with van der Waals surface area (Å²) in [5, 5.41) is 15.3. The third-order valence-electron chi connectivity index (χ3n) is 5.92. The minimum atomic E-state index is -0.254. The molecule has 1 aliphatic heterocycles. The number of hydrogen-bond donors (Lipinski definition) is 1. The van der Waals surface area contributed by atoms with Crippen molar-refractivity contribution in [2.45, 2.75) is 33.1 Å². The number of amides is 1. The zero-order valence-electron chi connectivity index (χ0n) is 16.7. The molecule has 0 radical (unpaired) electrons. The van der Waals surface area contributed by atoms with E-state index < -0.39 is 0 Å². The van der Waals surface area contributed by atoms with E-state index in [4.69, 9.17) is 11.6 Å². The number of hydrogen-bond acceptors (Lipinski definition) is 4. The van der Waals surface area contributed by atoms with Crippen molar-refractivity contribution in [2.24, 2.45) is 5.41 Å². The highest BCUT2D eigenvalue weighted by Gasteiger charge is 2.36. The van der Waals surface area contributed by atoms with E-state index in [9.17, 15) is 9.90 Å². The monoisotopic (exact) mass is 412 g/mol. The second-order valence-corrected chi connectivity index (χ2v) is 8.46. The van der Waals surface area contributed by atoms with Gasteiger partial charge in [-0.2, -0.15) is 5.10 Å². The van der Waals surface area contributed by atoms with Gasteiger partial charge in [-0.3, -0.25) is 4.79 Å². The first kappa shape index (κ1) is 19.9. The Balaban J connectivity index is 1.49. The lowest BCUT2D eigenvalue weighted by atomic mass is 9.74. The Kier molecular flexibility index (Phi) is 5.32. The maximum Gasteiger partial charge on any atom is 0.274 e. The number of carbonyl (C=O) groups is 1. The number of aromatic nitrogens is 3. The van der Waals surface area contributed by atoms with Crippen molar-refractivity contribution in [1.29, 1.82) is 0 Å². The molecular formula is C22H25ClN4O2. The van der Waals surface area contributed by atoms with E-state index in [1.165, 1.54) is 0 Å². The average Bonchev–Trinajstić information content (AvgIpc) is 3.14. The van der Waals surface area contributed by atoms with Crippen molar-refractivity contribution >= 4 is 23.2 Å². The summed E-state index contributed by atoms with van der Waals surface area (Å²) in [4.78, 5) is 19.3. The predicted octanol–water partition coefficient (Wildman–Crippen LogP) is 3.46. The van der Waals surface area contributed by atoms with E-state index in [0.29, 0.717) is 30.9 Å². The van der Waals surface area contributed by atoms with Crippen LogP contribution in [-0.2, 0) is 6.42 Å². The van der Waals surface area contributed by atoms with Crippen LogP contribution in [0, 0.1) is 19.3 Å². The molecule has 6 nitrogen and oxygen atoms in total. The molecule has 7 heteroatoms.